The van der Waals surface area contributed by atoms with E-state index in [-0.39, 0.29) is 11.5 Å². The number of benzene rings is 1. The fraction of sp³-hybridized carbons (Fsp3) is 0.611. The number of rotatable bonds is 6. The quantitative estimate of drug-likeness (QED) is 0.747. The average molecular weight is 289 g/mol. The predicted molar refractivity (Wildman–Crippen MR) is 85.0 cm³/mol. The first-order chi connectivity index (χ1) is 10.0. The summed E-state index contributed by atoms with van der Waals surface area (Å²) in [6, 6.07) is 10.5. The lowest BCUT2D eigenvalue weighted by molar-refractivity contribution is -0.148. The third kappa shape index (κ3) is 4.31. The second kappa shape index (κ2) is 7.08. The number of carbonyl (C=O) groups is 1. The van der Waals surface area contributed by atoms with Gasteiger partial charge in [-0.2, -0.15) is 0 Å². The molecule has 0 radical (unpaired) electrons. The highest BCUT2D eigenvalue weighted by Gasteiger charge is 2.36. The molecular formula is C18H27NO2. The van der Waals surface area contributed by atoms with Crippen molar-refractivity contribution < 1.29 is 9.53 Å². The van der Waals surface area contributed by atoms with Crippen LogP contribution in [0.4, 0.5) is 0 Å². The maximum atomic E-state index is 12.1. The molecule has 1 aliphatic rings. The molecule has 0 amide bonds. The van der Waals surface area contributed by atoms with E-state index < -0.39 is 0 Å². The van der Waals surface area contributed by atoms with E-state index in [4.69, 9.17) is 4.74 Å². The molecule has 0 aromatic heterocycles. The summed E-state index contributed by atoms with van der Waals surface area (Å²) in [7, 11) is 0. The summed E-state index contributed by atoms with van der Waals surface area (Å²) in [5.74, 6) is -0.106. The number of likely N-dealkylation sites (tertiary alicyclic amines) is 1. The Morgan fingerprint density at radius 2 is 2.05 bits per heavy atom. The van der Waals surface area contributed by atoms with Crippen molar-refractivity contribution in [2.75, 3.05) is 6.54 Å². The van der Waals surface area contributed by atoms with E-state index in [2.05, 4.69) is 25.7 Å². The Morgan fingerprint density at radius 3 is 2.71 bits per heavy atom. The van der Waals surface area contributed by atoms with Crippen LogP contribution in [0.5, 0.6) is 0 Å². The molecule has 21 heavy (non-hydrogen) atoms. The molecule has 2 rings (SSSR count). The Morgan fingerprint density at radius 1 is 1.33 bits per heavy atom. The van der Waals surface area contributed by atoms with Crippen LogP contribution >= 0.6 is 0 Å². The summed E-state index contributed by atoms with van der Waals surface area (Å²) < 4.78 is 5.43. The number of ether oxygens (including phenoxy) is 1. The maximum absolute atomic E-state index is 12.1. The Kier molecular flexibility index (Phi) is 5.40. The topological polar surface area (TPSA) is 29.5 Å². The maximum Gasteiger partial charge on any atom is 0.307 e. The molecule has 0 aliphatic carbocycles. The van der Waals surface area contributed by atoms with Crippen molar-refractivity contribution in [2.45, 2.75) is 64.6 Å². The molecule has 0 bridgehead atoms. The normalized spacial score (nSPS) is 19.7. The van der Waals surface area contributed by atoms with Crippen LogP contribution in [0.25, 0.3) is 0 Å². The summed E-state index contributed by atoms with van der Waals surface area (Å²) in [4.78, 5) is 14.6. The van der Waals surface area contributed by atoms with E-state index in [9.17, 15) is 4.79 Å². The lowest BCUT2D eigenvalue weighted by Crippen LogP contribution is -2.48. The van der Waals surface area contributed by atoms with Crippen LogP contribution in [0.15, 0.2) is 30.3 Å². The summed E-state index contributed by atoms with van der Waals surface area (Å²) >= 11 is 0. The molecule has 0 saturated carbocycles. The molecule has 0 spiro atoms. The first-order valence-corrected chi connectivity index (χ1v) is 7.99. The zero-order valence-electron chi connectivity index (χ0n) is 13.5. The van der Waals surface area contributed by atoms with E-state index in [1.165, 1.54) is 12.8 Å². The Labute approximate surface area is 128 Å². The van der Waals surface area contributed by atoms with Crippen molar-refractivity contribution in [1.82, 2.24) is 4.90 Å². The number of carbonyl (C=O) groups excluding carboxylic acids is 1. The largest absolute Gasteiger partial charge is 0.461 e. The molecule has 1 aromatic carbocycles. The monoisotopic (exact) mass is 289 g/mol. The van der Waals surface area contributed by atoms with Gasteiger partial charge in [0.1, 0.15) is 6.61 Å². The molecule has 0 unspecified atom stereocenters. The van der Waals surface area contributed by atoms with Gasteiger partial charge in [-0.25, -0.2) is 0 Å². The van der Waals surface area contributed by atoms with Gasteiger partial charge >= 0.3 is 5.97 Å². The van der Waals surface area contributed by atoms with E-state index in [0.29, 0.717) is 19.1 Å². The molecule has 116 valence electrons. The zero-order chi connectivity index (χ0) is 15.3. The zero-order valence-corrected chi connectivity index (χ0v) is 13.5. The number of hydrogen-bond acceptors (Lipinski definition) is 3. The highest BCUT2D eigenvalue weighted by molar-refractivity contribution is 5.70. The van der Waals surface area contributed by atoms with Crippen LogP contribution in [0, 0.1) is 0 Å². The Bertz CT molecular complexity index is 456. The van der Waals surface area contributed by atoms with Gasteiger partial charge in [-0.05, 0) is 45.2 Å². The van der Waals surface area contributed by atoms with Gasteiger partial charge in [0.05, 0.1) is 6.42 Å². The predicted octanol–water partition coefficient (Wildman–Crippen LogP) is 3.77. The van der Waals surface area contributed by atoms with Crippen molar-refractivity contribution in [3.05, 3.63) is 35.9 Å². The summed E-state index contributed by atoms with van der Waals surface area (Å²) in [5.41, 5.74) is 0.918. The minimum Gasteiger partial charge on any atom is -0.461 e. The molecule has 1 fully saturated rings. The van der Waals surface area contributed by atoms with Crippen LogP contribution in [0.1, 0.15) is 52.0 Å². The Balaban J connectivity index is 1.86. The number of nitrogens with zero attached hydrogens (tertiary/aromatic N) is 1. The van der Waals surface area contributed by atoms with Gasteiger partial charge in [0.2, 0.25) is 0 Å². The van der Waals surface area contributed by atoms with E-state index in [0.717, 1.165) is 18.5 Å². The number of esters is 1. The van der Waals surface area contributed by atoms with Gasteiger partial charge in [-0.1, -0.05) is 37.3 Å². The van der Waals surface area contributed by atoms with Gasteiger partial charge in [-0.3, -0.25) is 9.69 Å². The highest BCUT2D eigenvalue weighted by atomic mass is 16.5. The van der Waals surface area contributed by atoms with Crippen molar-refractivity contribution in [3.63, 3.8) is 0 Å². The SMILES string of the molecule is CC[C@@H]1CCCN1C(C)(C)CC(=O)OCc1ccccc1. The molecule has 0 N–H and O–H groups in total. The molecular weight excluding hydrogens is 262 g/mol. The van der Waals surface area contributed by atoms with Crippen molar-refractivity contribution in [2.24, 2.45) is 0 Å². The van der Waals surface area contributed by atoms with Crippen LogP contribution in [0.3, 0.4) is 0 Å². The minimum absolute atomic E-state index is 0.106. The van der Waals surface area contributed by atoms with Crippen LogP contribution in [0.2, 0.25) is 0 Å². The third-order valence-corrected chi connectivity index (χ3v) is 4.45. The van der Waals surface area contributed by atoms with Crippen molar-refractivity contribution in [1.29, 1.82) is 0 Å². The lowest BCUT2D eigenvalue weighted by atomic mass is 9.96. The molecule has 3 nitrogen and oxygen atoms in total. The second-order valence-corrected chi connectivity index (χ2v) is 6.53. The van der Waals surface area contributed by atoms with Gasteiger partial charge in [0, 0.05) is 11.6 Å². The van der Waals surface area contributed by atoms with Gasteiger partial charge in [0.15, 0.2) is 0 Å². The van der Waals surface area contributed by atoms with Crippen molar-refractivity contribution in [3.8, 4) is 0 Å². The average Bonchev–Trinajstić information content (AvgIpc) is 2.95. The minimum atomic E-state index is -0.120. The number of hydrogen-bond donors (Lipinski definition) is 0. The third-order valence-electron chi connectivity index (χ3n) is 4.45. The molecule has 3 heteroatoms. The van der Waals surface area contributed by atoms with Crippen LogP contribution < -0.4 is 0 Å². The van der Waals surface area contributed by atoms with Crippen molar-refractivity contribution >= 4 is 5.97 Å². The van der Waals surface area contributed by atoms with E-state index >= 15 is 0 Å². The molecule has 1 aliphatic heterocycles. The summed E-state index contributed by atoms with van der Waals surface area (Å²) in [6.45, 7) is 8.01. The fourth-order valence-corrected chi connectivity index (χ4v) is 3.30. The Hall–Kier alpha value is -1.35. The molecule has 1 saturated heterocycles. The highest BCUT2D eigenvalue weighted by Crippen LogP contribution is 2.30. The van der Waals surface area contributed by atoms with Gasteiger partial charge < -0.3 is 4.74 Å². The lowest BCUT2D eigenvalue weighted by Gasteiger charge is -2.39. The molecule has 1 aromatic rings. The summed E-state index contributed by atoms with van der Waals surface area (Å²) in [6.07, 6.45) is 4.10. The fourth-order valence-electron chi connectivity index (χ4n) is 3.30. The standard InChI is InChI=1S/C18H27NO2/c1-4-16-11-8-12-19(16)18(2,3)13-17(20)21-14-15-9-6-5-7-10-15/h5-7,9-10,16H,4,8,11-14H2,1-3H3/t16-/m1/s1. The first-order valence-electron chi connectivity index (χ1n) is 7.99. The summed E-state index contributed by atoms with van der Waals surface area (Å²) in [5, 5.41) is 0. The second-order valence-electron chi connectivity index (χ2n) is 6.53. The van der Waals surface area contributed by atoms with Crippen LogP contribution in [-0.2, 0) is 16.1 Å². The first kappa shape index (κ1) is 16.0. The van der Waals surface area contributed by atoms with Gasteiger partial charge in [0.25, 0.3) is 0 Å². The van der Waals surface area contributed by atoms with Crippen LogP contribution in [-0.4, -0.2) is 29.0 Å². The molecule has 1 heterocycles. The van der Waals surface area contributed by atoms with Gasteiger partial charge in [-0.15, -0.1) is 0 Å². The smallest absolute Gasteiger partial charge is 0.307 e. The van der Waals surface area contributed by atoms with E-state index in [1.807, 2.05) is 30.3 Å². The molecule has 1 atom stereocenters. The van der Waals surface area contributed by atoms with E-state index in [1.54, 1.807) is 0 Å².